The first-order valence-corrected chi connectivity index (χ1v) is 15.1. The minimum Gasteiger partial charge on any atom is -0.471 e. The molecule has 2 saturated heterocycles. The highest BCUT2D eigenvalue weighted by atomic mass is 32.2. The van der Waals surface area contributed by atoms with Crippen molar-refractivity contribution in [3.8, 4) is 17.1 Å². The molecule has 2 atom stereocenters. The van der Waals surface area contributed by atoms with Crippen LogP contribution in [-0.2, 0) is 14.8 Å². The van der Waals surface area contributed by atoms with E-state index in [-0.39, 0.29) is 28.7 Å². The van der Waals surface area contributed by atoms with Crippen LogP contribution in [0.4, 0.5) is 5.95 Å². The van der Waals surface area contributed by atoms with E-state index >= 15 is 0 Å². The lowest BCUT2D eigenvalue weighted by atomic mass is 10.00. The standard InChI is InChI=1S/C29H33N5O5S/c1-19-5-3-6-20(2)27(19)25-14-26-31-29(30-25)32-40(36,37)24-8-4-7-22(13-24)28(35)34-11-10-33(16-23(17-34)39-26)15-21-9-12-38-18-21/h3-8,13-14,21,23H,9-12,15-18H2,1-2H3,(H,30,31,32)/t21?,23-/m1/s1. The fourth-order valence-corrected chi connectivity index (χ4v) is 6.75. The van der Waals surface area contributed by atoms with Gasteiger partial charge in [-0.3, -0.25) is 9.69 Å². The number of anilines is 1. The highest BCUT2D eigenvalue weighted by Gasteiger charge is 2.31. The summed E-state index contributed by atoms with van der Waals surface area (Å²) in [5.41, 5.74) is 3.76. The molecule has 10 nitrogen and oxygen atoms in total. The van der Waals surface area contributed by atoms with E-state index in [0.717, 1.165) is 42.9 Å². The van der Waals surface area contributed by atoms with E-state index in [4.69, 9.17) is 9.47 Å². The van der Waals surface area contributed by atoms with Crippen LogP contribution < -0.4 is 9.46 Å². The van der Waals surface area contributed by atoms with Gasteiger partial charge in [-0.15, -0.1) is 0 Å². The van der Waals surface area contributed by atoms with Gasteiger partial charge in [0.2, 0.25) is 11.8 Å². The number of carbonyl (C=O) groups excluding carboxylic acids is 1. The smallest absolute Gasteiger partial charge is 0.264 e. The molecule has 0 radical (unpaired) electrons. The topological polar surface area (TPSA) is 114 Å². The molecule has 0 saturated carbocycles. The molecule has 11 heteroatoms. The molecule has 3 aliphatic heterocycles. The summed E-state index contributed by atoms with van der Waals surface area (Å²) in [6.45, 7) is 8.49. The monoisotopic (exact) mass is 563 g/mol. The molecule has 4 heterocycles. The van der Waals surface area contributed by atoms with Crippen LogP contribution in [0.3, 0.4) is 0 Å². The average molecular weight is 564 g/mol. The molecular weight excluding hydrogens is 530 g/mol. The highest BCUT2D eigenvalue weighted by molar-refractivity contribution is 7.92. The lowest BCUT2D eigenvalue weighted by molar-refractivity contribution is 0.0689. The molecule has 0 aliphatic carbocycles. The van der Waals surface area contributed by atoms with Gasteiger partial charge in [0, 0.05) is 50.0 Å². The Morgan fingerprint density at radius 2 is 1.82 bits per heavy atom. The molecule has 0 spiro atoms. The third-order valence-electron chi connectivity index (χ3n) is 7.74. The van der Waals surface area contributed by atoms with Crippen molar-refractivity contribution in [2.75, 3.05) is 50.7 Å². The first-order valence-electron chi connectivity index (χ1n) is 13.6. The Balaban J connectivity index is 1.45. The summed E-state index contributed by atoms with van der Waals surface area (Å²) in [5.74, 6) is 0.377. The van der Waals surface area contributed by atoms with Crippen LogP contribution in [0.1, 0.15) is 27.9 Å². The second-order valence-electron chi connectivity index (χ2n) is 10.8. The summed E-state index contributed by atoms with van der Waals surface area (Å²) in [6.07, 6.45) is 0.634. The molecule has 2 fully saturated rings. The van der Waals surface area contributed by atoms with Gasteiger partial charge in [0.15, 0.2) is 0 Å². The Bertz CT molecular complexity index is 1520. The SMILES string of the molecule is Cc1cccc(C)c1-c1cc2nc(n1)NS(=O)(=O)c1cccc(c1)C(=O)N1CCN(CC3CCOC3)C[C@H](C1)O2. The first kappa shape index (κ1) is 26.7. The van der Waals surface area contributed by atoms with Crippen LogP contribution in [0.5, 0.6) is 5.88 Å². The summed E-state index contributed by atoms with van der Waals surface area (Å²) >= 11 is 0. The molecule has 1 unspecified atom stereocenters. The van der Waals surface area contributed by atoms with Gasteiger partial charge in [-0.1, -0.05) is 24.3 Å². The van der Waals surface area contributed by atoms with Gasteiger partial charge in [0.05, 0.1) is 23.7 Å². The molecular formula is C29H33N5O5S. The second-order valence-corrected chi connectivity index (χ2v) is 12.5. The zero-order chi connectivity index (χ0) is 27.9. The molecule has 6 bridgehead atoms. The second kappa shape index (κ2) is 10.8. The fourth-order valence-electron chi connectivity index (χ4n) is 5.76. The highest BCUT2D eigenvalue weighted by Crippen LogP contribution is 2.30. The van der Waals surface area contributed by atoms with E-state index in [2.05, 4.69) is 19.6 Å². The molecule has 2 aromatic carbocycles. The Hall–Kier alpha value is -3.54. The fraction of sp³-hybridized carbons (Fsp3) is 0.414. The van der Waals surface area contributed by atoms with Gasteiger partial charge in [-0.25, -0.2) is 18.1 Å². The predicted octanol–water partition coefficient (Wildman–Crippen LogP) is 3.12. The summed E-state index contributed by atoms with van der Waals surface area (Å²) in [5, 5.41) is 0. The number of fused-ring (bicyclic) bond motifs is 6. The number of rotatable bonds is 3. The lowest BCUT2D eigenvalue weighted by Gasteiger charge is -2.26. The number of carbonyl (C=O) groups is 1. The van der Waals surface area contributed by atoms with Crippen LogP contribution in [-0.4, -0.2) is 86.1 Å². The molecule has 210 valence electrons. The predicted molar refractivity (Wildman–Crippen MR) is 150 cm³/mol. The first-order chi connectivity index (χ1) is 19.2. The Morgan fingerprint density at radius 1 is 1.02 bits per heavy atom. The Labute approximate surface area is 234 Å². The van der Waals surface area contributed by atoms with Crippen molar-refractivity contribution in [2.45, 2.75) is 31.3 Å². The molecule has 3 aromatic rings. The zero-order valence-corrected chi connectivity index (χ0v) is 23.5. The van der Waals surface area contributed by atoms with Crippen LogP contribution in [0, 0.1) is 19.8 Å². The number of nitrogens with one attached hydrogen (secondary N) is 1. The maximum atomic E-state index is 13.6. The normalized spacial score (nSPS) is 22.8. The molecule has 1 amide bonds. The maximum Gasteiger partial charge on any atom is 0.264 e. The van der Waals surface area contributed by atoms with Crippen LogP contribution in [0.25, 0.3) is 11.3 Å². The van der Waals surface area contributed by atoms with Crippen molar-refractivity contribution < 1.29 is 22.7 Å². The summed E-state index contributed by atoms with van der Waals surface area (Å²) < 4.78 is 41.4. The van der Waals surface area contributed by atoms with Crippen molar-refractivity contribution in [2.24, 2.45) is 5.92 Å². The van der Waals surface area contributed by atoms with Gasteiger partial charge >= 0.3 is 0 Å². The minimum atomic E-state index is -4.07. The van der Waals surface area contributed by atoms with E-state index in [1.54, 1.807) is 23.1 Å². The maximum absolute atomic E-state index is 13.6. The van der Waals surface area contributed by atoms with Gasteiger partial charge in [-0.05, 0) is 55.5 Å². The number of hydrogen-bond donors (Lipinski definition) is 1. The van der Waals surface area contributed by atoms with Crippen molar-refractivity contribution in [3.05, 3.63) is 65.2 Å². The van der Waals surface area contributed by atoms with E-state index in [1.165, 1.54) is 12.1 Å². The number of hydrogen-bond acceptors (Lipinski definition) is 8. The molecule has 1 aromatic heterocycles. The van der Waals surface area contributed by atoms with Crippen molar-refractivity contribution in [3.63, 3.8) is 0 Å². The quantitative estimate of drug-likeness (QED) is 0.517. The number of ether oxygens (including phenoxy) is 2. The summed E-state index contributed by atoms with van der Waals surface area (Å²) in [6, 6.07) is 13.8. The van der Waals surface area contributed by atoms with Gasteiger partial charge < -0.3 is 14.4 Å². The molecule has 3 aliphatic rings. The van der Waals surface area contributed by atoms with Gasteiger partial charge in [-0.2, -0.15) is 4.98 Å². The number of benzene rings is 2. The molecule has 40 heavy (non-hydrogen) atoms. The lowest BCUT2D eigenvalue weighted by Crippen LogP contribution is -2.41. The number of nitrogens with zero attached hydrogens (tertiary/aromatic N) is 4. The molecule has 6 rings (SSSR count). The van der Waals surface area contributed by atoms with Crippen LogP contribution >= 0.6 is 0 Å². The number of sulfonamides is 1. The average Bonchev–Trinajstić information content (AvgIpc) is 3.34. The van der Waals surface area contributed by atoms with E-state index in [0.29, 0.717) is 43.4 Å². The van der Waals surface area contributed by atoms with Gasteiger partial charge in [0.25, 0.3) is 15.9 Å². The van der Waals surface area contributed by atoms with Crippen LogP contribution in [0.2, 0.25) is 0 Å². The zero-order valence-electron chi connectivity index (χ0n) is 22.7. The van der Waals surface area contributed by atoms with E-state index in [9.17, 15) is 13.2 Å². The number of aryl methyl sites for hydroxylation is 2. The number of aromatic nitrogens is 2. The Kier molecular flexibility index (Phi) is 7.20. The summed E-state index contributed by atoms with van der Waals surface area (Å²) in [4.78, 5) is 26.7. The van der Waals surface area contributed by atoms with E-state index < -0.39 is 10.0 Å². The van der Waals surface area contributed by atoms with Crippen molar-refractivity contribution in [1.82, 2.24) is 19.8 Å². The largest absolute Gasteiger partial charge is 0.471 e. The van der Waals surface area contributed by atoms with Crippen molar-refractivity contribution >= 4 is 21.9 Å². The number of amides is 1. The van der Waals surface area contributed by atoms with Gasteiger partial charge in [0.1, 0.15) is 6.10 Å². The van der Waals surface area contributed by atoms with Crippen LogP contribution in [0.15, 0.2) is 53.4 Å². The molecule has 1 N–H and O–H groups in total. The Morgan fingerprint density at radius 3 is 2.60 bits per heavy atom. The van der Waals surface area contributed by atoms with E-state index in [1.807, 2.05) is 32.0 Å². The third-order valence-corrected chi connectivity index (χ3v) is 9.07. The van der Waals surface area contributed by atoms with Crippen molar-refractivity contribution in [1.29, 1.82) is 0 Å². The minimum absolute atomic E-state index is 0.0321. The summed E-state index contributed by atoms with van der Waals surface area (Å²) in [7, 11) is -4.07. The third kappa shape index (κ3) is 5.54.